The van der Waals surface area contributed by atoms with Gasteiger partial charge in [-0.05, 0) is 25.3 Å². The summed E-state index contributed by atoms with van der Waals surface area (Å²) >= 11 is 0. The van der Waals surface area contributed by atoms with Crippen molar-refractivity contribution in [1.82, 2.24) is 10.2 Å². The summed E-state index contributed by atoms with van der Waals surface area (Å²) in [5.74, 6) is 0.619. The monoisotopic (exact) mass is 265 g/mol. The fraction of sp³-hybridized carbons (Fsp3) is 0.583. The molecule has 3 N–H and O–H groups in total. The highest BCUT2D eigenvalue weighted by Gasteiger charge is 2.19. The number of anilines is 1. The summed E-state index contributed by atoms with van der Waals surface area (Å²) < 4.78 is 5.70. The fourth-order valence-electron chi connectivity index (χ4n) is 2.20. The third-order valence-corrected chi connectivity index (χ3v) is 3.20. The van der Waals surface area contributed by atoms with Crippen molar-refractivity contribution in [3.63, 3.8) is 0 Å². The molecule has 0 saturated carbocycles. The molecule has 1 aliphatic rings. The Labute approximate surface area is 112 Å². The molecule has 0 aliphatic carbocycles. The zero-order valence-electron chi connectivity index (χ0n) is 11.0. The lowest BCUT2D eigenvalue weighted by molar-refractivity contribution is 0.0215. The van der Waals surface area contributed by atoms with Crippen LogP contribution in [0.25, 0.3) is 0 Å². The summed E-state index contributed by atoms with van der Waals surface area (Å²) in [5.41, 5.74) is 6.21. The van der Waals surface area contributed by atoms with Crippen LogP contribution in [0.3, 0.4) is 0 Å². The quantitative estimate of drug-likeness (QED) is 0.358. The van der Waals surface area contributed by atoms with Crippen LogP contribution in [0.2, 0.25) is 0 Å². The van der Waals surface area contributed by atoms with E-state index in [1.54, 1.807) is 6.07 Å². The average Bonchev–Trinajstić information content (AvgIpc) is 2.47. The number of amidine groups is 1. The molecule has 1 atom stereocenters. The minimum atomic E-state index is 0.0290. The van der Waals surface area contributed by atoms with Crippen LogP contribution in [0.1, 0.15) is 24.8 Å². The summed E-state index contributed by atoms with van der Waals surface area (Å²) in [6.45, 7) is 1.52. The van der Waals surface area contributed by atoms with Gasteiger partial charge in [0.2, 0.25) is 0 Å². The largest absolute Gasteiger partial charge is 0.409 e. The SMILES string of the molecule is CN(CC1CCCCO1)c1nnccc1/C(N)=N/O. The predicted octanol–water partition coefficient (Wildman–Crippen LogP) is 0.576. The smallest absolute Gasteiger partial charge is 0.173 e. The van der Waals surface area contributed by atoms with E-state index in [4.69, 9.17) is 15.7 Å². The van der Waals surface area contributed by atoms with Gasteiger partial charge in [0, 0.05) is 20.2 Å². The standard InChI is InChI=1S/C12H19N5O2/c1-17(8-9-4-2-3-7-19-9)12-10(11(13)16-18)5-6-14-15-12/h5-6,9,18H,2-4,7-8H2,1H3,(H2,13,16). The normalized spacial score (nSPS) is 20.3. The molecule has 19 heavy (non-hydrogen) atoms. The number of rotatable bonds is 4. The first-order chi connectivity index (χ1) is 9.22. The fourth-order valence-corrected chi connectivity index (χ4v) is 2.20. The van der Waals surface area contributed by atoms with Gasteiger partial charge in [0.05, 0.1) is 17.9 Å². The summed E-state index contributed by atoms with van der Waals surface area (Å²) in [4.78, 5) is 1.93. The van der Waals surface area contributed by atoms with Crippen molar-refractivity contribution in [2.75, 3.05) is 25.1 Å². The number of hydrogen-bond donors (Lipinski definition) is 2. The molecule has 0 aromatic carbocycles. The van der Waals surface area contributed by atoms with Crippen LogP contribution in [0.15, 0.2) is 17.4 Å². The zero-order chi connectivity index (χ0) is 13.7. The molecule has 0 spiro atoms. The van der Waals surface area contributed by atoms with E-state index in [2.05, 4.69) is 15.4 Å². The maximum Gasteiger partial charge on any atom is 0.173 e. The van der Waals surface area contributed by atoms with Crippen molar-refractivity contribution in [1.29, 1.82) is 0 Å². The number of ether oxygens (including phenoxy) is 1. The van der Waals surface area contributed by atoms with Gasteiger partial charge in [-0.1, -0.05) is 5.16 Å². The molecular weight excluding hydrogens is 246 g/mol. The van der Waals surface area contributed by atoms with Crippen LogP contribution in [0.4, 0.5) is 5.82 Å². The molecule has 1 saturated heterocycles. The maximum absolute atomic E-state index is 8.79. The molecule has 2 rings (SSSR count). The highest BCUT2D eigenvalue weighted by atomic mass is 16.5. The molecule has 1 unspecified atom stereocenters. The zero-order valence-corrected chi connectivity index (χ0v) is 11.0. The topological polar surface area (TPSA) is 96.9 Å². The summed E-state index contributed by atoms with van der Waals surface area (Å²) in [5, 5.41) is 19.7. The van der Waals surface area contributed by atoms with E-state index < -0.39 is 0 Å². The Morgan fingerprint density at radius 1 is 1.63 bits per heavy atom. The van der Waals surface area contributed by atoms with Gasteiger partial charge in [0.15, 0.2) is 11.7 Å². The number of nitrogens with two attached hydrogens (primary N) is 1. The Morgan fingerprint density at radius 2 is 2.47 bits per heavy atom. The Hall–Kier alpha value is -1.89. The van der Waals surface area contributed by atoms with Crippen LogP contribution in [0, 0.1) is 0 Å². The lowest BCUT2D eigenvalue weighted by Crippen LogP contribution is -2.35. The van der Waals surface area contributed by atoms with Gasteiger partial charge in [-0.25, -0.2) is 0 Å². The van der Waals surface area contributed by atoms with Crippen LogP contribution in [-0.4, -0.2) is 47.5 Å². The van der Waals surface area contributed by atoms with Crippen molar-refractivity contribution < 1.29 is 9.94 Å². The lowest BCUT2D eigenvalue weighted by atomic mass is 10.1. The van der Waals surface area contributed by atoms with E-state index in [-0.39, 0.29) is 11.9 Å². The first-order valence-corrected chi connectivity index (χ1v) is 6.34. The number of oxime groups is 1. The van der Waals surface area contributed by atoms with E-state index in [0.29, 0.717) is 17.9 Å². The van der Waals surface area contributed by atoms with Gasteiger partial charge >= 0.3 is 0 Å². The van der Waals surface area contributed by atoms with Gasteiger partial charge in [0.1, 0.15) is 0 Å². The van der Waals surface area contributed by atoms with Crippen LogP contribution in [0.5, 0.6) is 0 Å². The van der Waals surface area contributed by atoms with Gasteiger partial charge in [0.25, 0.3) is 0 Å². The van der Waals surface area contributed by atoms with Crippen LogP contribution in [-0.2, 0) is 4.74 Å². The highest BCUT2D eigenvalue weighted by Crippen LogP contribution is 2.18. The molecule has 1 aromatic heterocycles. The van der Waals surface area contributed by atoms with E-state index in [1.165, 1.54) is 12.6 Å². The Balaban J connectivity index is 2.11. The Bertz CT molecular complexity index is 446. The summed E-state index contributed by atoms with van der Waals surface area (Å²) in [7, 11) is 1.90. The summed E-state index contributed by atoms with van der Waals surface area (Å²) in [6.07, 6.45) is 5.07. The number of aromatic nitrogens is 2. The lowest BCUT2D eigenvalue weighted by Gasteiger charge is -2.28. The molecule has 1 aromatic rings. The van der Waals surface area contributed by atoms with Crippen LogP contribution >= 0.6 is 0 Å². The molecule has 2 heterocycles. The van der Waals surface area contributed by atoms with E-state index >= 15 is 0 Å². The third-order valence-electron chi connectivity index (χ3n) is 3.20. The van der Waals surface area contributed by atoms with E-state index in [1.807, 2.05) is 11.9 Å². The minimum absolute atomic E-state index is 0.0290. The number of hydrogen-bond acceptors (Lipinski definition) is 6. The molecule has 1 aliphatic heterocycles. The van der Waals surface area contributed by atoms with Crippen LogP contribution < -0.4 is 10.6 Å². The molecular formula is C12H19N5O2. The first kappa shape index (κ1) is 13.5. The van der Waals surface area contributed by atoms with Crippen molar-refractivity contribution in [2.24, 2.45) is 10.9 Å². The predicted molar refractivity (Wildman–Crippen MR) is 71.4 cm³/mol. The highest BCUT2D eigenvalue weighted by molar-refractivity contribution is 6.01. The molecule has 0 amide bonds. The van der Waals surface area contributed by atoms with Gasteiger partial charge in [-0.15, -0.1) is 5.10 Å². The second-order valence-electron chi connectivity index (χ2n) is 4.62. The van der Waals surface area contributed by atoms with Crippen molar-refractivity contribution in [3.8, 4) is 0 Å². The molecule has 0 bridgehead atoms. The second kappa shape index (κ2) is 6.33. The third kappa shape index (κ3) is 3.31. The number of nitrogens with zero attached hydrogens (tertiary/aromatic N) is 4. The first-order valence-electron chi connectivity index (χ1n) is 6.34. The van der Waals surface area contributed by atoms with E-state index in [9.17, 15) is 0 Å². The molecule has 104 valence electrons. The molecule has 7 heteroatoms. The van der Waals surface area contributed by atoms with Gasteiger partial charge in [-0.2, -0.15) is 5.10 Å². The molecule has 1 fully saturated rings. The van der Waals surface area contributed by atoms with Gasteiger partial charge in [-0.3, -0.25) is 0 Å². The maximum atomic E-state index is 8.79. The molecule has 7 nitrogen and oxygen atoms in total. The number of likely N-dealkylation sites (N-methyl/N-ethyl adjacent to an activating group) is 1. The Kier molecular flexibility index (Phi) is 4.51. The van der Waals surface area contributed by atoms with Gasteiger partial charge < -0.3 is 20.6 Å². The van der Waals surface area contributed by atoms with Crippen molar-refractivity contribution in [2.45, 2.75) is 25.4 Å². The second-order valence-corrected chi connectivity index (χ2v) is 4.62. The minimum Gasteiger partial charge on any atom is -0.409 e. The van der Waals surface area contributed by atoms with Crippen molar-refractivity contribution in [3.05, 3.63) is 17.8 Å². The van der Waals surface area contributed by atoms with E-state index in [0.717, 1.165) is 19.4 Å². The Morgan fingerprint density at radius 3 is 3.16 bits per heavy atom. The molecule has 0 radical (unpaired) electrons. The van der Waals surface area contributed by atoms with Crippen molar-refractivity contribution >= 4 is 11.7 Å². The summed E-state index contributed by atoms with van der Waals surface area (Å²) in [6, 6.07) is 1.68. The average molecular weight is 265 g/mol.